The Morgan fingerprint density at radius 1 is 0.842 bits per heavy atom. The van der Waals surface area contributed by atoms with Crippen LogP contribution in [0.3, 0.4) is 0 Å². The second kappa shape index (κ2) is 11.0. The van der Waals surface area contributed by atoms with E-state index >= 15 is 0 Å². The highest BCUT2D eigenvalue weighted by molar-refractivity contribution is 5.73. The van der Waals surface area contributed by atoms with Gasteiger partial charge in [0.2, 0.25) is 5.91 Å². The quantitative estimate of drug-likeness (QED) is 0.330. The lowest BCUT2D eigenvalue weighted by molar-refractivity contribution is -0.129. The highest BCUT2D eigenvalue weighted by Gasteiger charge is 2.50. The Labute approximate surface area is 227 Å². The van der Waals surface area contributed by atoms with Crippen molar-refractivity contribution >= 4 is 5.91 Å². The summed E-state index contributed by atoms with van der Waals surface area (Å²) in [4.78, 5) is 32.6. The van der Waals surface area contributed by atoms with E-state index in [1.807, 2.05) is 17.3 Å². The maximum Gasteiger partial charge on any atom is 0.219 e. The largest absolute Gasteiger partial charge is 0.344 e. The molecule has 7 heteroatoms. The number of H-pyrrole nitrogens is 2. The molecule has 0 radical (unpaired) electrons. The van der Waals surface area contributed by atoms with Gasteiger partial charge in [0.1, 0.15) is 11.6 Å². The van der Waals surface area contributed by atoms with E-state index in [0.29, 0.717) is 6.54 Å². The Hall–Kier alpha value is -2.93. The molecule has 3 aromatic rings. The Kier molecular flexibility index (Phi) is 7.75. The summed E-state index contributed by atoms with van der Waals surface area (Å²) in [7, 11) is 2.14. The van der Waals surface area contributed by atoms with Gasteiger partial charge in [0, 0.05) is 30.8 Å². The Balaban J connectivity index is 1.23. The number of carbonyl (C=O) groups excluding carboxylic acids is 1. The average molecular weight is 517 g/mol. The fourth-order valence-electron chi connectivity index (χ4n) is 6.84. The Morgan fingerprint density at radius 2 is 1.45 bits per heavy atom. The molecule has 38 heavy (non-hydrogen) atoms. The molecule has 2 aromatic heterocycles. The molecule has 0 saturated heterocycles. The zero-order chi connectivity index (χ0) is 26.8. The maximum absolute atomic E-state index is 12.0. The Bertz CT molecular complexity index is 1200. The summed E-state index contributed by atoms with van der Waals surface area (Å²) in [6.07, 6.45) is 13.3. The van der Waals surface area contributed by atoms with Gasteiger partial charge < -0.3 is 14.9 Å². The number of hydrogen-bond donors (Lipinski definition) is 2. The number of aromatic nitrogens is 4. The molecule has 0 unspecified atom stereocenters. The summed E-state index contributed by atoms with van der Waals surface area (Å²) in [6.45, 7) is 9.23. The lowest BCUT2D eigenvalue weighted by Gasteiger charge is -2.53. The van der Waals surface area contributed by atoms with E-state index in [9.17, 15) is 4.79 Å². The van der Waals surface area contributed by atoms with E-state index < -0.39 is 0 Å². The number of carbonyl (C=O) groups is 1. The number of fused-ring (bicyclic) bond motifs is 3. The lowest BCUT2D eigenvalue weighted by atomic mass is 9.51. The number of amides is 1. The molecule has 0 aliphatic heterocycles. The first-order valence-corrected chi connectivity index (χ1v) is 14.5. The number of rotatable bonds is 11. The predicted molar refractivity (Wildman–Crippen MR) is 152 cm³/mol. The van der Waals surface area contributed by atoms with Crippen molar-refractivity contribution in [2.24, 2.45) is 0 Å². The van der Waals surface area contributed by atoms with Crippen molar-refractivity contribution < 1.29 is 4.79 Å². The van der Waals surface area contributed by atoms with E-state index in [-0.39, 0.29) is 16.7 Å². The predicted octanol–water partition coefficient (Wildman–Crippen LogP) is 5.94. The number of nitrogens with one attached hydrogen (secondary N) is 2. The first-order valence-electron chi connectivity index (χ1n) is 14.5. The van der Waals surface area contributed by atoms with Gasteiger partial charge in [0.05, 0.1) is 25.0 Å². The van der Waals surface area contributed by atoms with E-state index in [4.69, 9.17) is 0 Å². The molecule has 3 fully saturated rings. The van der Waals surface area contributed by atoms with Crippen molar-refractivity contribution in [1.29, 1.82) is 0 Å². The van der Waals surface area contributed by atoms with Crippen molar-refractivity contribution in [3.8, 4) is 11.3 Å². The summed E-state index contributed by atoms with van der Waals surface area (Å²) >= 11 is 0. The molecule has 3 saturated carbocycles. The first kappa shape index (κ1) is 26.7. The fourth-order valence-corrected chi connectivity index (χ4v) is 6.84. The zero-order valence-electron chi connectivity index (χ0n) is 23.6. The van der Waals surface area contributed by atoms with Gasteiger partial charge in [0.25, 0.3) is 0 Å². The van der Waals surface area contributed by atoms with Crippen LogP contribution in [0, 0.1) is 0 Å². The monoisotopic (exact) mass is 516 g/mol. The van der Waals surface area contributed by atoms with Crippen molar-refractivity contribution in [3.63, 3.8) is 0 Å². The van der Waals surface area contributed by atoms with Gasteiger partial charge in [-0.2, -0.15) is 0 Å². The average Bonchev–Trinajstić information content (AvgIpc) is 3.60. The third-order valence-electron chi connectivity index (χ3n) is 9.19. The van der Waals surface area contributed by atoms with E-state index in [0.717, 1.165) is 49.8 Å². The van der Waals surface area contributed by atoms with Gasteiger partial charge in [-0.1, -0.05) is 38.1 Å². The van der Waals surface area contributed by atoms with Crippen molar-refractivity contribution in [1.82, 2.24) is 29.7 Å². The van der Waals surface area contributed by atoms with Crippen LogP contribution in [-0.4, -0.2) is 55.8 Å². The highest BCUT2D eigenvalue weighted by atomic mass is 16.2. The zero-order valence-corrected chi connectivity index (χ0v) is 23.6. The molecular weight excluding hydrogens is 472 g/mol. The topological polar surface area (TPSA) is 80.9 Å². The van der Waals surface area contributed by atoms with Crippen LogP contribution in [0.5, 0.6) is 0 Å². The SMILES string of the molecule is CCCN(C)Cc1ncc(-c2ccc(C34CCC(c5cnc(CN(CCC)C(C)=O)[nH]5)(CC3)CC4)cc2)[nH]1. The molecule has 1 amide bonds. The van der Waals surface area contributed by atoms with Crippen LogP contribution in [0.4, 0.5) is 0 Å². The minimum absolute atomic E-state index is 0.113. The van der Waals surface area contributed by atoms with E-state index in [1.54, 1.807) is 6.92 Å². The number of aromatic amines is 2. The van der Waals surface area contributed by atoms with Crippen LogP contribution in [0.15, 0.2) is 36.7 Å². The third-order valence-corrected chi connectivity index (χ3v) is 9.19. The van der Waals surface area contributed by atoms with Gasteiger partial charge in [-0.25, -0.2) is 9.97 Å². The number of imidazole rings is 2. The van der Waals surface area contributed by atoms with Crippen LogP contribution in [-0.2, 0) is 28.7 Å². The number of hydrogen-bond acceptors (Lipinski definition) is 4. The molecular formula is C31H44N6O. The van der Waals surface area contributed by atoms with Crippen LogP contribution in [0.1, 0.15) is 95.0 Å². The van der Waals surface area contributed by atoms with Gasteiger partial charge in [-0.3, -0.25) is 9.69 Å². The number of nitrogens with zero attached hydrogens (tertiary/aromatic N) is 4. The summed E-state index contributed by atoms with van der Waals surface area (Å²) in [6, 6.07) is 9.25. The van der Waals surface area contributed by atoms with Gasteiger partial charge >= 0.3 is 0 Å². The van der Waals surface area contributed by atoms with Crippen LogP contribution >= 0.6 is 0 Å². The van der Waals surface area contributed by atoms with Gasteiger partial charge in [-0.15, -0.1) is 0 Å². The van der Waals surface area contributed by atoms with E-state index in [1.165, 1.54) is 55.3 Å². The normalized spacial score (nSPS) is 22.8. The molecule has 3 aliphatic carbocycles. The second-order valence-corrected chi connectivity index (χ2v) is 11.8. The number of benzene rings is 1. The summed E-state index contributed by atoms with van der Waals surface area (Å²) in [5, 5.41) is 0. The fraction of sp³-hybridized carbons (Fsp3) is 0.581. The maximum atomic E-state index is 12.0. The molecule has 2 heterocycles. The standard InChI is InChI=1S/C31H44N6O/c1-5-17-36(4)21-28-32-19-26(34-28)24-7-9-25(10-8-24)30-11-14-31(15-12-30,16-13-30)27-20-33-29(35-27)22-37(18-6-2)23(3)38/h7-10,19-20H,5-6,11-18,21-22H2,1-4H3,(H,32,34)(H,33,35). The summed E-state index contributed by atoms with van der Waals surface area (Å²) < 4.78 is 0. The molecule has 0 spiro atoms. The minimum atomic E-state index is 0.113. The van der Waals surface area contributed by atoms with Crippen molar-refractivity contribution in [3.05, 3.63) is 59.6 Å². The van der Waals surface area contributed by atoms with Crippen molar-refractivity contribution in [2.75, 3.05) is 20.1 Å². The smallest absolute Gasteiger partial charge is 0.219 e. The van der Waals surface area contributed by atoms with Crippen LogP contribution < -0.4 is 0 Å². The molecule has 2 bridgehead atoms. The van der Waals surface area contributed by atoms with Gasteiger partial charge in [0.15, 0.2) is 0 Å². The molecule has 0 atom stereocenters. The molecule has 2 N–H and O–H groups in total. The molecule has 6 rings (SSSR count). The van der Waals surface area contributed by atoms with Gasteiger partial charge in [-0.05, 0) is 81.5 Å². The second-order valence-electron chi connectivity index (χ2n) is 11.8. The lowest BCUT2D eigenvalue weighted by Crippen LogP contribution is -2.46. The third kappa shape index (κ3) is 5.31. The first-order chi connectivity index (χ1) is 18.4. The molecule has 7 nitrogen and oxygen atoms in total. The minimum Gasteiger partial charge on any atom is -0.344 e. The highest BCUT2D eigenvalue weighted by Crippen LogP contribution is 2.58. The Morgan fingerprint density at radius 3 is 2.08 bits per heavy atom. The van der Waals surface area contributed by atoms with Crippen LogP contribution in [0.2, 0.25) is 0 Å². The molecule has 3 aliphatic rings. The van der Waals surface area contributed by atoms with Crippen LogP contribution in [0.25, 0.3) is 11.3 Å². The van der Waals surface area contributed by atoms with E-state index in [2.05, 4.69) is 70.0 Å². The summed E-state index contributed by atoms with van der Waals surface area (Å²) in [5.74, 6) is 2.05. The molecule has 1 aromatic carbocycles. The van der Waals surface area contributed by atoms with Crippen molar-refractivity contribution in [2.45, 2.75) is 96.1 Å². The molecule has 204 valence electrons. The summed E-state index contributed by atoms with van der Waals surface area (Å²) in [5.41, 5.74) is 5.55.